The van der Waals surface area contributed by atoms with Crippen LogP contribution in [0.15, 0.2) is 5.16 Å². The van der Waals surface area contributed by atoms with Crippen molar-refractivity contribution >= 4 is 11.7 Å². The molecule has 0 radical (unpaired) electrons. The molecule has 4 N–H and O–H groups in total. The van der Waals surface area contributed by atoms with Gasteiger partial charge in [-0.2, -0.15) is 0 Å². The SMILES string of the molecule is CC1CC(C(=O)NC(C2CC2)C2CC2)(C(N)=NO)C1. The topological polar surface area (TPSA) is 87.7 Å². The number of amides is 1. The average molecular weight is 265 g/mol. The van der Waals surface area contributed by atoms with Crippen molar-refractivity contribution in [3.05, 3.63) is 0 Å². The van der Waals surface area contributed by atoms with Gasteiger partial charge in [0.15, 0.2) is 5.84 Å². The van der Waals surface area contributed by atoms with Crippen molar-refractivity contribution in [3.63, 3.8) is 0 Å². The Morgan fingerprint density at radius 2 is 1.84 bits per heavy atom. The van der Waals surface area contributed by atoms with Gasteiger partial charge in [0.1, 0.15) is 5.41 Å². The normalized spacial score (nSPS) is 35.1. The van der Waals surface area contributed by atoms with E-state index in [1.807, 2.05) is 0 Å². The minimum absolute atomic E-state index is 0.0234. The number of nitrogens with one attached hydrogen (secondary N) is 1. The van der Waals surface area contributed by atoms with E-state index in [1.165, 1.54) is 25.7 Å². The average Bonchev–Trinajstić information content (AvgIpc) is 3.22. The van der Waals surface area contributed by atoms with Gasteiger partial charge < -0.3 is 16.3 Å². The molecule has 0 aromatic carbocycles. The van der Waals surface area contributed by atoms with Gasteiger partial charge in [-0.15, -0.1) is 0 Å². The molecule has 106 valence electrons. The Hall–Kier alpha value is -1.26. The van der Waals surface area contributed by atoms with E-state index in [-0.39, 0.29) is 11.7 Å². The molecule has 0 saturated heterocycles. The van der Waals surface area contributed by atoms with E-state index in [0.717, 1.165) is 0 Å². The fourth-order valence-corrected chi connectivity index (χ4v) is 3.56. The van der Waals surface area contributed by atoms with Crippen molar-refractivity contribution in [1.82, 2.24) is 5.32 Å². The zero-order valence-electron chi connectivity index (χ0n) is 11.4. The third kappa shape index (κ3) is 2.19. The van der Waals surface area contributed by atoms with Gasteiger partial charge in [-0.25, -0.2) is 0 Å². The van der Waals surface area contributed by atoms with E-state index in [9.17, 15) is 4.79 Å². The van der Waals surface area contributed by atoms with Crippen molar-refractivity contribution in [2.75, 3.05) is 0 Å². The first-order valence-electron chi connectivity index (χ1n) is 7.36. The lowest BCUT2D eigenvalue weighted by Crippen LogP contribution is -2.58. The summed E-state index contributed by atoms with van der Waals surface area (Å²) in [5.74, 6) is 1.85. The molecule has 3 fully saturated rings. The van der Waals surface area contributed by atoms with Crippen LogP contribution in [0.5, 0.6) is 0 Å². The van der Waals surface area contributed by atoms with Gasteiger partial charge in [-0.1, -0.05) is 12.1 Å². The predicted molar refractivity (Wildman–Crippen MR) is 71.6 cm³/mol. The summed E-state index contributed by atoms with van der Waals surface area (Å²) in [7, 11) is 0. The lowest BCUT2D eigenvalue weighted by Gasteiger charge is -2.44. The van der Waals surface area contributed by atoms with Crippen LogP contribution in [0.4, 0.5) is 0 Å². The highest BCUT2D eigenvalue weighted by atomic mass is 16.4. The fraction of sp³-hybridized carbons (Fsp3) is 0.857. The summed E-state index contributed by atoms with van der Waals surface area (Å²) in [5.41, 5.74) is 5.02. The summed E-state index contributed by atoms with van der Waals surface area (Å²) in [6.45, 7) is 2.09. The number of rotatable bonds is 5. The van der Waals surface area contributed by atoms with Gasteiger partial charge in [0, 0.05) is 6.04 Å². The highest BCUT2D eigenvalue weighted by molar-refractivity contribution is 6.07. The lowest BCUT2D eigenvalue weighted by atomic mass is 9.61. The van der Waals surface area contributed by atoms with Crippen LogP contribution in [0.1, 0.15) is 45.4 Å². The number of nitrogens with two attached hydrogens (primary N) is 1. The second kappa shape index (κ2) is 4.39. The molecule has 0 heterocycles. The minimum Gasteiger partial charge on any atom is -0.409 e. The van der Waals surface area contributed by atoms with Crippen LogP contribution < -0.4 is 11.1 Å². The van der Waals surface area contributed by atoms with Gasteiger partial charge >= 0.3 is 0 Å². The first-order chi connectivity index (χ1) is 9.06. The number of oxime groups is 1. The van der Waals surface area contributed by atoms with Crippen molar-refractivity contribution in [2.24, 2.45) is 34.1 Å². The summed E-state index contributed by atoms with van der Waals surface area (Å²) >= 11 is 0. The maximum atomic E-state index is 12.6. The molecule has 0 unspecified atom stereocenters. The molecule has 5 nitrogen and oxygen atoms in total. The van der Waals surface area contributed by atoms with Crippen molar-refractivity contribution < 1.29 is 10.0 Å². The predicted octanol–water partition coefficient (Wildman–Crippen LogP) is 1.45. The van der Waals surface area contributed by atoms with Crippen molar-refractivity contribution in [2.45, 2.75) is 51.5 Å². The molecule has 0 atom stereocenters. The quantitative estimate of drug-likeness (QED) is 0.304. The molecular formula is C14H23N3O2. The minimum atomic E-state index is -0.754. The second-order valence-corrected chi connectivity index (χ2v) is 6.75. The molecule has 0 aromatic heterocycles. The van der Waals surface area contributed by atoms with Crippen LogP contribution in [0.3, 0.4) is 0 Å². The third-order valence-electron chi connectivity index (χ3n) is 4.98. The molecule has 1 amide bonds. The maximum absolute atomic E-state index is 12.6. The van der Waals surface area contributed by atoms with Gasteiger partial charge in [0.05, 0.1) is 0 Å². The van der Waals surface area contributed by atoms with E-state index >= 15 is 0 Å². The molecule has 0 bridgehead atoms. The Morgan fingerprint density at radius 1 is 1.32 bits per heavy atom. The van der Waals surface area contributed by atoms with Crippen LogP contribution in [-0.4, -0.2) is 23.0 Å². The molecule has 3 aliphatic rings. The number of carbonyl (C=O) groups excluding carboxylic acids is 1. The van der Waals surface area contributed by atoms with Crippen LogP contribution in [0.25, 0.3) is 0 Å². The van der Waals surface area contributed by atoms with E-state index in [2.05, 4.69) is 17.4 Å². The molecule has 0 aromatic rings. The van der Waals surface area contributed by atoms with Gasteiger partial charge in [0.25, 0.3) is 0 Å². The summed E-state index contributed by atoms with van der Waals surface area (Å²) in [5, 5.41) is 15.2. The monoisotopic (exact) mass is 265 g/mol. The highest BCUT2D eigenvalue weighted by Crippen LogP contribution is 2.48. The molecule has 5 heteroatoms. The molecular weight excluding hydrogens is 242 g/mol. The molecule has 3 aliphatic carbocycles. The summed E-state index contributed by atoms with van der Waals surface area (Å²) < 4.78 is 0. The summed E-state index contributed by atoms with van der Waals surface area (Å²) in [4.78, 5) is 12.6. The second-order valence-electron chi connectivity index (χ2n) is 6.75. The molecule has 0 spiro atoms. The number of nitrogens with zero attached hydrogens (tertiary/aromatic N) is 1. The number of amidine groups is 1. The Bertz CT molecular complexity index is 395. The number of hydrogen-bond donors (Lipinski definition) is 3. The largest absolute Gasteiger partial charge is 0.409 e. The standard InChI is InChI=1S/C14H23N3O2/c1-8-6-14(7-8,12(15)17-19)13(18)16-11(9-2-3-9)10-4-5-10/h8-11,19H,2-7H2,1H3,(H2,15,17)(H,16,18). The highest BCUT2D eigenvalue weighted by Gasteiger charge is 2.54. The van der Waals surface area contributed by atoms with Crippen molar-refractivity contribution in [1.29, 1.82) is 0 Å². The van der Waals surface area contributed by atoms with Gasteiger partial charge in [0.2, 0.25) is 5.91 Å². The Kier molecular flexibility index (Phi) is 2.95. The van der Waals surface area contributed by atoms with Crippen LogP contribution in [-0.2, 0) is 4.79 Å². The van der Waals surface area contributed by atoms with Gasteiger partial charge in [-0.05, 0) is 56.3 Å². The van der Waals surface area contributed by atoms with E-state index in [4.69, 9.17) is 10.9 Å². The molecule has 19 heavy (non-hydrogen) atoms. The lowest BCUT2D eigenvalue weighted by molar-refractivity contribution is -0.134. The van der Waals surface area contributed by atoms with Crippen molar-refractivity contribution in [3.8, 4) is 0 Å². The fourth-order valence-electron chi connectivity index (χ4n) is 3.56. The van der Waals surface area contributed by atoms with Crippen LogP contribution in [0, 0.1) is 23.2 Å². The van der Waals surface area contributed by atoms with E-state index in [0.29, 0.717) is 36.6 Å². The van der Waals surface area contributed by atoms with Gasteiger partial charge in [-0.3, -0.25) is 4.79 Å². The Morgan fingerprint density at radius 3 is 2.21 bits per heavy atom. The number of carbonyl (C=O) groups is 1. The smallest absolute Gasteiger partial charge is 0.234 e. The first kappa shape index (κ1) is 12.8. The summed E-state index contributed by atoms with van der Waals surface area (Å²) in [6, 6.07) is 0.326. The zero-order valence-corrected chi connectivity index (χ0v) is 11.4. The number of hydrogen-bond acceptors (Lipinski definition) is 3. The van der Waals surface area contributed by atoms with E-state index in [1.54, 1.807) is 0 Å². The Labute approximate surface area is 113 Å². The van der Waals surface area contributed by atoms with Crippen LogP contribution >= 0.6 is 0 Å². The maximum Gasteiger partial charge on any atom is 0.234 e. The van der Waals surface area contributed by atoms with E-state index < -0.39 is 5.41 Å². The van der Waals surface area contributed by atoms with Crippen LogP contribution in [0.2, 0.25) is 0 Å². The molecule has 3 saturated carbocycles. The molecule has 3 rings (SSSR count). The third-order valence-corrected chi connectivity index (χ3v) is 4.98. The molecule has 0 aliphatic heterocycles. The summed E-state index contributed by atoms with van der Waals surface area (Å²) in [6.07, 6.45) is 6.30. The first-order valence-corrected chi connectivity index (χ1v) is 7.36. The Balaban J connectivity index is 1.70. The zero-order chi connectivity index (χ0) is 13.6.